The molecule has 0 unspecified atom stereocenters. The zero-order valence-electron chi connectivity index (χ0n) is 12.0. The third-order valence-electron chi connectivity index (χ3n) is 2.94. The Hall–Kier alpha value is -1.11. The number of ether oxygens (including phenoxy) is 2. The lowest BCUT2D eigenvalue weighted by Crippen LogP contribution is -2.10. The number of benzene rings is 1. The van der Waals surface area contributed by atoms with Crippen molar-refractivity contribution in [3.05, 3.63) is 22.7 Å². The van der Waals surface area contributed by atoms with Crippen LogP contribution in [-0.4, -0.2) is 13.7 Å². The fourth-order valence-corrected chi connectivity index (χ4v) is 2.18. The second kappa shape index (κ2) is 7.61. The Labute approximate surface area is 130 Å². The molecule has 0 atom stereocenters. The summed E-state index contributed by atoms with van der Waals surface area (Å²) < 4.78 is 11.0. The van der Waals surface area contributed by atoms with Crippen LogP contribution in [0.3, 0.4) is 0 Å². The number of hydrogen-bond donors (Lipinski definition) is 0. The zero-order valence-corrected chi connectivity index (χ0v) is 13.5. The summed E-state index contributed by atoms with van der Waals surface area (Å²) in [6, 6.07) is 5.85. The fourth-order valence-electron chi connectivity index (χ4n) is 1.73. The average molecular weight is 316 g/mol. The van der Waals surface area contributed by atoms with Crippen LogP contribution in [0.1, 0.15) is 32.3 Å². The summed E-state index contributed by atoms with van der Waals surface area (Å²) >= 11 is 12.0. The molecule has 1 rings (SSSR count). The summed E-state index contributed by atoms with van der Waals surface area (Å²) in [5.74, 6) is 1.47. The first kappa shape index (κ1) is 16.9. The van der Waals surface area contributed by atoms with Gasteiger partial charge in [-0.3, -0.25) is 0 Å². The summed E-state index contributed by atoms with van der Waals surface area (Å²) in [4.78, 5) is 0. The largest absolute Gasteiger partial charge is 0.493 e. The lowest BCUT2D eigenvalue weighted by molar-refractivity contribution is 0.270. The zero-order chi connectivity index (χ0) is 15.2. The van der Waals surface area contributed by atoms with E-state index >= 15 is 0 Å². The highest BCUT2D eigenvalue weighted by molar-refractivity contribution is 6.32. The number of alkyl halides is 1. The Morgan fingerprint density at radius 2 is 2.05 bits per heavy atom. The van der Waals surface area contributed by atoms with Gasteiger partial charge in [-0.2, -0.15) is 5.26 Å². The van der Waals surface area contributed by atoms with Crippen LogP contribution in [0.5, 0.6) is 11.5 Å². The number of halogens is 2. The molecule has 0 aromatic heterocycles. The van der Waals surface area contributed by atoms with E-state index in [-0.39, 0.29) is 5.41 Å². The average Bonchev–Trinajstić information content (AvgIpc) is 2.44. The SMILES string of the molecule is COc1cc(CCl)cc(Cl)c1OCCCC(C)(C)C#N. The molecule has 20 heavy (non-hydrogen) atoms. The van der Waals surface area contributed by atoms with Gasteiger partial charge in [0.05, 0.1) is 30.2 Å². The van der Waals surface area contributed by atoms with E-state index in [9.17, 15) is 0 Å². The van der Waals surface area contributed by atoms with Crippen LogP contribution < -0.4 is 9.47 Å². The van der Waals surface area contributed by atoms with Crippen LogP contribution in [-0.2, 0) is 5.88 Å². The molecule has 0 radical (unpaired) electrons. The lowest BCUT2D eigenvalue weighted by Gasteiger charge is -2.16. The minimum Gasteiger partial charge on any atom is -0.493 e. The second-order valence-electron chi connectivity index (χ2n) is 5.19. The number of rotatable bonds is 7. The van der Waals surface area contributed by atoms with Crippen molar-refractivity contribution in [3.63, 3.8) is 0 Å². The standard InChI is InChI=1S/C15H19Cl2NO2/c1-15(2,10-18)5-4-6-20-14-12(17)7-11(9-16)8-13(14)19-3/h7-8H,4-6,9H2,1-3H3. The van der Waals surface area contributed by atoms with E-state index < -0.39 is 0 Å². The van der Waals surface area contributed by atoms with Crippen LogP contribution in [0, 0.1) is 16.7 Å². The van der Waals surface area contributed by atoms with Crippen molar-refractivity contribution in [2.24, 2.45) is 5.41 Å². The Bertz CT molecular complexity index is 495. The molecule has 110 valence electrons. The summed E-state index contributed by atoms with van der Waals surface area (Å²) in [7, 11) is 1.56. The molecule has 1 aromatic carbocycles. The van der Waals surface area contributed by atoms with E-state index in [1.807, 2.05) is 19.9 Å². The molecule has 0 saturated carbocycles. The summed E-state index contributed by atoms with van der Waals surface area (Å²) in [5.41, 5.74) is 0.547. The summed E-state index contributed by atoms with van der Waals surface area (Å²) in [6.45, 7) is 4.31. The van der Waals surface area contributed by atoms with Gasteiger partial charge in [-0.15, -0.1) is 11.6 Å². The number of nitriles is 1. The first-order chi connectivity index (χ1) is 9.43. The first-order valence-electron chi connectivity index (χ1n) is 6.40. The van der Waals surface area contributed by atoms with Gasteiger partial charge in [-0.25, -0.2) is 0 Å². The van der Waals surface area contributed by atoms with Crippen molar-refractivity contribution >= 4 is 23.2 Å². The van der Waals surface area contributed by atoms with E-state index in [1.54, 1.807) is 13.2 Å². The molecule has 0 spiro atoms. The predicted octanol–water partition coefficient (Wildman–Crippen LogP) is 4.80. The number of methoxy groups -OCH3 is 1. The lowest BCUT2D eigenvalue weighted by atomic mass is 9.90. The van der Waals surface area contributed by atoms with E-state index in [1.165, 1.54) is 0 Å². The highest BCUT2D eigenvalue weighted by Gasteiger charge is 2.17. The molecule has 0 bridgehead atoms. The Morgan fingerprint density at radius 1 is 1.35 bits per heavy atom. The third-order valence-corrected chi connectivity index (χ3v) is 3.53. The van der Waals surface area contributed by atoms with E-state index in [4.69, 9.17) is 37.9 Å². The minimum atomic E-state index is -0.334. The molecular weight excluding hydrogens is 297 g/mol. The van der Waals surface area contributed by atoms with Crippen LogP contribution >= 0.6 is 23.2 Å². The maximum absolute atomic E-state index is 8.95. The molecule has 0 aliphatic heterocycles. The summed E-state index contributed by atoms with van der Waals surface area (Å²) in [5, 5.41) is 9.44. The van der Waals surface area contributed by atoms with Gasteiger partial charge in [0.2, 0.25) is 0 Å². The molecule has 0 heterocycles. The molecule has 3 nitrogen and oxygen atoms in total. The maximum atomic E-state index is 8.95. The van der Waals surface area contributed by atoms with Crippen LogP contribution in [0.2, 0.25) is 5.02 Å². The second-order valence-corrected chi connectivity index (χ2v) is 5.86. The molecule has 0 fully saturated rings. The van der Waals surface area contributed by atoms with Crippen molar-refractivity contribution in [1.29, 1.82) is 5.26 Å². The van der Waals surface area contributed by atoms with Gasteiger partial charge in [-0.1, -0.05) is 11.6 Å². The normalized spacial score (nSPS) is 11.0. The van der Waals surface area contributed by atoms with Crippen molar-refractivity contribution in [1.82, 2.24) is 0 Å². The van der Waals surface area contributed by atoms with Crippen LogP contribution in [0.15, 0.2) is 12.1 Å². The molecule has 5 heteroatoms. The molecule has 1 aromatic rings. The van der Waals surface area contributed by atoms with Gasteiger partial charge in [-0.05, 0) is 44.4 Å². The summed E-state index contributed by atoms with van der Waals surface area (Å²) in [6.07, 6.45) is 1.54. The van der Waals surface area contributed by atoms with Crippen molar-refractivity contribution in [3.8, 4) is 17.6 Å². The molecule has 0 N–H and O–H groups in total. The molecule has 0 amide bonds. The maximum Gasteiger partial charge on any atom is 0.179 e. The van der Waals surface area contributed by atoms with E-state index in [0.717, 1.165) is 18.4 Å². The fraction of sp³-hybridized carbons (Fsp3) is 0.533. The Morgan fingerprint density at radius 3 is 2.60 bits per heavy atom. The number of nitrogens with zero attached hydrogens (tertiary/aromatic N) is 1. The molecule has 0 aliphatic rings. The van der Waals surface area contributed by atoms with Gasteiger partial charge in [0, 0.05) is 5.88 Å². The predicted molar refractivity (Wildman–Crippen MR) is 81.7 cm³/mol. The van der Waals surface area contributed by atoms with E-state index in [2.05, 4.69) is 6.07 Å². The molecule has 0 saturated heterocycles. The van der Waals surface area contributed by atoms with Gasteiger partial charge in [0.25, 0.3) is 0 Å². The van der Waals surface area contributed by atoms with Crippen LogP contribution in [0.25, 0.3) is 0 Å². The molecular formula is C15H19Cl2NO2. The van der Waals surface area contributed by atoms with Gasteiger partial charge in [0.15, 0.2) is 11.5 Å². The van der Waals surface area contributed by atoms with Crippen LogP contribution in [0.4, 0.5) is 0 Å². The highest BCUT2D eigenvalue weighted by atomic mass is 35.5. The van der Waals surface area contributed by atoms with Crippen molar-refractivity contribution < 1.29 is 9.47 Å². The smallest absolute Gasteiger partial charge is 0.179 e. The van der Waals surface area contributed by atoms with Gasteiger partial charge < -0.3 is 9.47 Å². The van der Waals surface area contributed by atoms with Crippen molar-refractivity contribution in [2.45, 2.75) is 32.6 Å². The Kier molecular flexibility index (Phi) is 6.45. The Balaban J connectivity index is 2.67. The first-order valence-corrected chi connectivity index (χ1v) is 7.31. The monoisotopic (exact) mass is 315 g/mol. The molecule has 0 aliphatic carbocycles. The van der Waals surface area contributed by atoms with Gasteiger partial charge >= 0.3 is 0 Å². The minimum absolute atomic E-state index is 0.334. The number of hydrogen-bond acceptors (Lipinski definition) is 3. The van der Waals surface area contributed by atoms with Gasteiger partial charge in [0.1, 0.15) is 0 Å². The highest BCUT2D eigenvalue weighted by Crippen LogP contribution is 2.37. The van der Waals surface area contributed by atoms with Crippen molar-refractivity contribution in [2.75, 3.05) is 13.7 Å². The third kappa shape index (κ3) is 4.77. The quantitative estimate of drug-likeness (QED) is 0.536. The topological polar surface area (TPSA) is 42.2 Å². The van der Waals surface area contributed by atoms with E-state index in [0.29, 0.717) is 29.0 Å².